The van der Waals surface area contributed by atoms with Crippen molar-refractivity contribution in [3.05, 3.63) is 29.7 Å². The second-order valence-corrected chi connectivity index (χ2v) is 7.09. The molecule has 2 aromatic rings. The summed E-state index contributed by atoms with van der Waals surface area (Å²) < 4.78 is 5.87. The van der Waals surface area contributed by atoms with Crippen molar-refractivity contribution in [1.82, 2.24) is 15.1 Å². The number of fused-ring (bicyclic) bond motifs is 4. The van der Waals surface area contributed by atoms with Gasteiger partial charge in [-0.05, 0) is 24.3 Å². The molecule has 0 radical (unpaired) electrons. The minimum atomic E-state index is -1.26. The predicted octanol–water partition coefficient (Wildman–Crippen LogP) is 1.79. The van der Waals surface area contributed by atoms with E-state index in [1.807, 2.05) is 17.5 Å². The number of nitrogens with zero attached hydrogens (tertiary/aromatic N) is 4. The Kier molecular flexibility index (Phi) is 6.20. The van der Waals surface area contributed by atoms with Gasteiger partial charge < -0.3 is 24.4 Å². The quantitative estimate of drug-likeness (QED) is 0.750. The molecule has 144 valence electrons. The Morgan fingerprint density at radius 3 is 2.41 bits per heavy atom. The van der Waals surface area contributed by atoms with Gasteiger partial charge in [-0.1, -0.05) is 11.2 Å². The summed E-state index contributed by atoms with van der Waals surface area (Å²) in [5, 5.41) is 26.1. The number of aliphatic carboxylic acids is 2. The van der Waals surface area contributed by atoms with Crippen LogP contribution in [0.3, 0.4) is 0 Å². The fourth-order valence-electron chi connectivity index (χ4n) is 3.11. The van der Waals surface area contributed by atoms with Crippen LogP contribution in [0.25, 0.3) is 10.8 Å². The second-order valence-electron chi connectivity index (χ2n) is 6.14. The molecule has 0 spiro atoms. The summed E-state index contributed by atoms with van der Waals surface area (Å²) in [6.45, 7) is 4.50. The van der Waals surface area contributed by atoms with Crippen molar-refractivity contribution >= 4 is 29.3 Å². The van der Waals surface area contributed by atoms with Crippen molar-refractivity contribution in [2.45, 2.75) is 18.9 Å². The van der Waals surface area contributed by atoms with Gasteiger partial charge in [-0.25, -0.2) is 9.59 Å². The third-order valence-corrected chi connectivity index (χ3v) is 5.27. The number of thiophene rings is 1. The van der Waals surface area contributed by atoms with E-state index < -0.39 is 11.9 Å². The molecule has 2 aromatic heterocycles. The Bertz CT molecular complexity index is 780. The summed E-state index contributed by atoms with van der Waals surface area (Å²) >= 11 is 1.63. The van der Waals surface area contributed by atoms with Crippen LogP contribution in [0, 0.1) is 0 Å². The predicted molar refractivity (Wildman–Crippen MR) is 98.8 cm³/mol. The number of carboxylic acid groups (broad SMARTS) is 2. The molecular weight excluding hydrogens is 372 g/mol. The first-order valence-corrected chi connectivity index (χ1v) is 9.41. The molecule has 3 saturated heterocycles. The molecule has 0 aromatic carbocycles. The second kappa shape index (κ2) is 8.78. The van der Waals surface area contributed by atoms with E-state index >= 15 is 0 Å². The zero-order valence-corrected chi connectivity index (χ0v) is 15.3. The molecule has 27 heavy (non-hydrogen) atoms. The molecule has 0 atom stereocenters. The lowest BCUT2D eigenvalue weighted by atomic mass is 10.1. The van der Waals surface area contributed by atoms with Crippen molar-refractivity contribution < 1.29 is 24.2 Å². The molecule has 5 heterocycles. The van der Waals surface area contributed by atoms with E-state index in [9.17, 15) is 9.59 Å². The van der Waals surface area contributed by atoms with Crippen molar-refractivity contribution in [2.24, 2.45) is 0 Å². The highest BCUT2D eigenvalue weighted by Gasteiger charge is 2.31. The number of aromatic nitrogens is 2. The highest BCUT2D eigenvalue weighted by Crippen LogP contribution is 2.29. The maximum atomic E-state index is 9.55. The molecule has 3 aliphatic rings. The molecule has 0 saturated carbocycles. The molecule has 2 bridgehead atoms. The highest BCUT2D eigenvalue weighted by molar-refractivity contribution is 7.13. The fraction of sp³-hybridized carbons (Fsp3) is 0.412. The number of hydrogen-bond donors (Lipinski definition) is 2. The van der Waals surface area contributed by atoms with Crippen LogP contribution in [0.1, 0.15) is 12.8 Å². The van der Waals surface area contributed by atoms with E-state index in [0.717, 1.165) is 18.0 Å². The van der Waals surface area contributed by atoms with E-state index in [1.165, 1.54) is 25.9 Å². The van der Waals surface area contributed by atoms with Gasteiger partial charge in [0.05, 0.1) is 4.88 Å². The van der Waals surface area contributed by atoms with Crippen molar-refractivity contribution in [2.75, 3.05) is 31.1 Å². The van der Waals surface area contributed by atoms with Gasteiger partial charge in [-0.3, -0.25) is 0 Å². The van der Waals surface area contributed by atoms with Gasteiger partial charge >= 0.3 is 18.0 Å². The molecule has 2 N–H and O–H groups in total. The summed E-state index contributed by atoms with van der Waals surface area (Å²) in [6, 6.07) is 5.28. The zero-order valence-electron chi connectivity index (χ0n) is 14.5. The highest BCUT2D eigenvalue weighted by atomic mass is 32.1. The van der Waals surface area contributed by atoms with Gasteiger partial charge in [0.2, 0.25) is 0 Å². The Labute approximate surface area is 159 Å². The lowest BCUT2D eigenvalue weighted by molar-refractivity contribution is -0.134. The Morgan fingerprint density at radius 1 is 1.11 bits per heavy atom. The summed E-state index contributed by atoms with van der Waals surface area (Å²) in [4.78, 5) is 25.0. The summed E-state index contributed by atoms with van der Waals surface area (Å²) in [5.74, 6) is -1.87. The molecule has 0 aliphatic carbocycles. The topological polar surface area (TPSA) is 120 Å². The number of piperidine rings is 1. The van der Waals surface area contributed by atoms with E-state index in [0.29, 0.717) is 30.1 Å². The fourth-order valence-corrected chi connectivity index (χ4v) is 3.76. The first-order chi connectivity index (χ1) is 13.0. The van der Waals surface area contributed by atoms with Crippen molar-refractivity contribution in [3.63, 3.8) is 0 Å². The van der Waals surface area contributed by atoms with Crippen LogP contribution in [0.2, 0.25) is 0 Å². The number of rotatable bonds is 4. The number of hydrogen-bond acceptors (Lipinski definition) is 8. The zero-order chi connectivity index (χ0) is 19.2. The van der Waals surface area contributed by atoms with Gasteiger partial charge in [0.25, 0.3) is 5.89 Å². The van der Waals surface area contributed by atoms with Gasteiger partial charge in [-0.15, -0.1) is 16.4 Å². The van der Waals surface area contributed by atoms with Gasteiger partial charge in [0.15, 0.2) is 0 Å². The summed E-state index contributed by atoms with van der Waals surface area (Å²) in [7, 11) is 0. The van der Waals surface area contributed by atoms with Crippen molar-refractivity contribution in [1.29, 1.82) is 0 Å². The lowest BCUT2D eigenvalue weighted by Gasteiger charge is -2.29. The molecule has 9 nitrogen and oxygen atoms in total. The largest absolute Gasteiger partial charge is 0.478 e. The number of anilines is 1. The SMILES string of the molecule is O=C(O)/C=C/C(=O)O.c1csc(-c2nnc(N3CCN4CCC3CC4)o2)c1. The maximum Gasteiger partial charge on any atom is 0.328 e. The summed E-state index contributed by atoms with van der Waals surface area (Å²) in [5.41, 5.74) is 0. The van der Waals surface area contributed by atoms with Gasteiger partial charge in [0.1, 0.15) is 0 Å². The third-order valence-electron chi connectivity index (χ3n) is 4.42. The normalized spacial score (nSPS) is 21.6. The lowest BCUT2D eigenvalue weighted by Crippen LogP contribution is -2.38. The average molecular weight is 392 g/mol. The first-order valence-electron chi connectivity index (χ1n) is 8.53. The van der Waals surface area contributed by atoms with Crippen LogP contribution in [-0.4, -0.2) is 69.5 Å². The van der Waals surface area contributed by atoms with E-state index in [-0.39, 0.29) is 0 Å². The molecule has 3 aliphatic heterocycles. The Balaban J connectivity index is 0.000000226. The average Bonchev–Trinajstić information content (AvgIpc) is 3.27. The standard InChI is InChI=1S/C13H16N4OS.C4H4O4/c1-2-11(19-9-1)12-14-15-13(18-12)17-8-7-16-5-3-10(17)4-6-16;5-3(6)1-2-4(7)8/h1-2,9-10H,3-8H2;1-2H,(H,5,6)(H,7,8)/b;2-1+. The van der Waals surface area contributed by atoms with E-state index in [2.05, 4.69) is 20.0 Å². The smallest absolute Gasteiger partial charge is 0.328 e. The van der Waals surface area contributed by atoms with Gasteiger partial charge in [0, 0.05) is 44.4 Å². The van der Waals surface area contributed by atoms with Crippen LogP contribution in [-0.2, 0) is 9.59 Å². The minimum Gasteiger partial charge on any atom is -0.478 e. The number of carbonyl (C=O) groups is 2. The monoisotopic (exact) mass is 392 g/mol. The molecule has 0 amide bonds. The molecule has 5 rings (SSSR count). The maximum absolute atomic E-state index is 9.55. The van der Waals surface area contributed by atoms with Gasteiger partial charge in [-0.2, -0.15) is 0 Å². The third kappa shape index (κ3) is 5.14. The van der Waals surface area contributed by atoms with Crippen molar-refractivity contribution in [3.8, 4) is 10.8 Å². The number of carboxylic acids is 2. The molecule has 10 heteroatoms. The minimum absolute atomic E-state index is 0.558. The Hall–Kier alpha value is -2.72. The van der Waals surface area contributed by atoms with E-state index in [1.54, 1.807) is 11.3 Å². The van der Waals surface area contributed by atoms with E-state index in [4.69, 9.17) is 14.6 Å². The summed E-state index contributed by atoms with van der Waals surface area (Å²) in [6.07, 6.45) is 3.53. The Morgan fingerprint density at radius 2 is 1.81 bits per heavy atom. The van der Waals surface area contributed by atoms with Crippen LogP contribution >= 0.6 is 11.3 Å². The van der Waals surface area contributed by atoms with Crippen LogP contribution in [0.4, 0.5) is 6.01 Å². The molecule has 3 fully saturated rings. The molecule has 0 unspecified atom stereocenters. The molecular formula is C17H20N4O5S. The van der Waals surface area contributed by atoms with Crippen LogP contribution in [0.5, 0.6) is 0 Å². The van der Waals surface area contributed by atoms with Crippen LogP contribution in [0.15, 0.2) is 34.1 Å². The van der Waals surface area contributed by atoms with Crippen LogP contribution < -0.4 is 4.90 Å². The first kappa shape index (κ1) is 19.1.